The Bertz CT molecular complexity index is 660. The first-order valence-electron chi connectivity index (χ1n) is 12.6. The van der Waals surface area contributed by atoms with Crippen LogP contribution in [0.15, 0.2) is 11.8 Å². The number of amides is 1. The summed E-state index contributed by atoms with van der Waals surface area (Å²) in [6.45, 7) is 1.46. The number of carbonyl (C=O) groups is 2. The van der Waals surface area contributed by atoms with Gasteiger partial charge >= 0.3 is 183 Å². The molecule has 4 aliphatic rings. The molecule has 2 atom stereocenters. The molecule has 0 radical (unpaired) electrons. The molecule has 3 aliphatic carbocycles. The topological polar surface area (TPSA) is 55.4 Å². The van der Waals surface area contributed by atoms with E-state index in [0.717, 1.165) is 23.4 Å². The van der Waals surface area contributed by atoms with Gasteiger partial charge in [-0.15, -0.1) is 0 Å². The summed E-state index contributed by atoms with van der Waals surface area (Å²) in [5.74, 6) is -0.620. The van der Waals surface area contributed by atoms with Crippen molar-refractivity contribution in [3.05, 3.63) is 11.8 Å². The van der Waals surface area contributed by atoms with Gasteiger partial charge in [0.05, 0.1) is 0 Å². The third-order valence-corrected chi connectivity index (χ3v) is 17.0. The third-order valence-electron chi connectivity index (χ3n) is 9.46. The van der Waals surface area contributed by atoms with Gasteiger partial charge in [-0.1, -0.05) is 0 Å². The summed E-state index contributed by atoms with van der Waals surface area (Å²) in [6.07, 6.45) is 23.2. The van der Waals surface area contributed by atoms with Gasteiger partial charge in [-0.3, -0.25) is 0 Å². The minimum atomic E-state index is -1.44. The Balaban J connectivity index is 1.60. The number of nitrogens with one attached hydrogen (secondary N) is 1. The van der Waals surface area contributed by atoms with Gasteiger partial charge < -0.3 is 0 Å². The van der Waals surface area contributed by atoms with Gasteiger partial charge in [0.2, 0.25) is 0 Å². The maximum absolute atomic E-state index is 12.1. The second-order valence-electron chi connectivity index (χ2n) is 10.6. The van der Waals surface area contributed by atoms with E-state index in [1.54, 1.807) is 0 Å². The van der Waals surface area contributed by atoms with Crippen LogP contribution in [0.1, 0.15) is 96.8 Å². The number of carbonyl (C=O) groups excluding carboxylic acids is 2. The van der Waals surface area contributed by atoms with Crippen molar-refractivity contribution in [2.75, 3.05) is 13.3 Å². The molecule has 1 spiro atoms. The number of esters is 1. The minimum absolute atomic E-state index is 0.201. The molecular weight excluding hydrogens is 393 g/mol. The summed E-state index contributed by atoms with van der Waals surface area (Å²) in [7, 11) is -0.0474. The van der Waals surface area contributed by atoms with Crippen LogP contribution in [0.5, 0.6) is 0 Å². The van der Waals surface area contributed by atoms with E-state index in [2.05, 4.69) is 5.32 Å². The molecular formula is C25H42NO3P. The number of ether oxygens (including phenoxy) is 1. The van der Waals surface area contributed by atoms with Crippen LogP contribution in [0.4, 0.5) is 0 Å². The Labute approximate surface area is 183 Å². The number of rotatable bonds is 6. The molecule has 3 saturated carbocycles. The SMILES string of the molecule is COC(=O)/C(=C/CC[PH]1(C2CCCCC2)C2CCCCC23CCCCC31)NC(C)=O. The number of hydrogen-bond donors (Lipinski definition) is 1. The molecule has 0 bridgehead atoms. The normalized spacial score (nSPS) is 34.7. The van der Waals surface area contributed by atoms with Gasteiger partial charge in [-0.25, -0.2) is 0 Å². The van der Waals surface area contributed by atoms with Crippen LogP contribution in [-0.4, -0.2) is 42.1 Å². The van der Waals surface area contributed by atoms with E-state index in [-0.39, 0.29) is 5.91 Å². The first kappa shape index (κ1) is 22.3. The quantitative estimate of drug-likeness (QED) is 0.339. The Morgan fingerprint density at radius 3 is 2.13 bits per heavy atom. The molecule has 30 heavy (non-hydrogen) atoms. The van der Waals surface area contributed by atoms with Crippen molar-refractivity contribution in [3.8, 4) is 0 Å². The molecule has 1 aliphatic heterocycles. The van der Waals surface area contributed by atoms with Crippen LogP contribution < -0.4 is 5.32 Å². The second kappa shape index (κ2) is 9.31. The van der Waals surface area contributed by atoms with E-state index >= 15 is 0 Å². The molecule has 0 aromatic carbocycles. The fourth-order valence-corrected chi connectivity index (χ4v) is 17.9. The van der Waals surface area contributed by atoms with Gasteiger partial charge in [0.15, 0.2) is 0 Å². The molecule has 4 rings (SSSR count). The fourth-order valence-electron chi connectivity index (χ4n) is 8.71. The average Bonchev–Trinajstić information content (AvgIpc) is 2.75. The van der Waals surface area contributed by atoms with Crippen molar-refractivity contribution in [3.63, 3.8) is 0 Å². The van der Waals surface area contributed by atoms with E-state index in [1.165, 1.54) is 104 Å². The van der Waals surface area contributed by atoms with E-state index in [9.17, 15) is 9.59 Å². The Morgan fingerprint density at radius 2 is 1.57 bits per heavy atom. The maximum atomic E-state index is 12.1. The van der Waals surface area contributed by atoms with Gasteiger partial charge in [-0.2, -0.15) is 0 Å². The van der Waals surface area contributed by atoms with Crippen molar-refractivity contribution < 1.29 is 14.3 Å². The molecule has 1 heterocycles. The average molecular weight is 436 g/mol. The zero-order valence-electron chi connectivity index (χ0n) is 19.1. The summed E-state index contributed by atoms with van der Waals surface area (Å²) in [6, 6.07) is 0. The standard InChI is InChI=1S/C25H42NO3P/c1-19(27)26-21(24(28)29-2)13-10-18-30(20-11-4-3-5-12-20)22-14-6-8-16-25(22)17-9-7-15-23(25)30/h13,20,22-23,30H,3-12,14-18H2,1-2H3,(H,26,27)/b21-13-. The molecule has 4 nitrogen and oxygen atoms in total. The molecule has 5 heteroatoms. The summed E-state index contributed by atoms with van der Waals surface area (Å²) >= 11 is 0. The Morgan fingerprint density at radius 1 is 0.967 bits per heavy atom. The van der Waals surface area contributed by atoms with E-state index in [4.69, 9.17) is 4.74 Å². The number of methoxy groups -OCH3 is 1. The first-order chi connectivity index (χ1) is 14.5. The molecule has 0 aromatic rings. The van der Waals surface area contributed by atoms with Crippen molar-refractivity contribution >= 4 is 19.1 Å². The van der Waals surface area contributed by atoms with Crippen LogP contribution in [-0.2, 0) is 14.3 Å². The van der Waals surface area contributed by atoms with Gasteiger partial charge in [0.1, 0.15) is 0 Å². The zero-order valence-corrected chi connectivity index (χ0v) is 20.1. The Hall–Kier alpha value is -0.890. The van der Waals surface area contributed by atoms with E-state index in [1.807, 2.05) is 6.08 Å². The van der Waals surface area contributed by atoms with Gasteiger partial charge in [0, 0.05) is 0 Å². The van der Waals surface area contributed by atoms with E-state index in [0.29, 0.717) is 11.1 Å². The van der Waals surface area contributed by atoms with Crippen LogP contribution >= 0.6 is 7.26 Å². The fraction of sp³-hybridized carbons (Fsp3) is 0.840. The van der Waals surface area contributed by atoms with Crippen LogP contribution in [0.3, 0.4) is 0 Å². The molecule has 1 saturated heterocycles. The molecule has 2 unspecified atom stereocenters. The summed E-state index contributed by atoms with van der Waals surface area (Å²) in [5, 5.41) is 2.71. The summed E-state index contributed by atoms with van der Waals surface area (Å²) < 4.78 is 4.91. The van der Waals surface area contributed by atoms with E-state index < -0.39 is 13.2 Å². The Kier molecular flexibility index (Phi) is 6.92. The van der Waals surface area contributed by atoms with Gasteiger partial charge in [0.25, 0.3) is 0 Å². The second-order valence-corrected chi connectivity index (χ2v) is 15.5. The van der Waals surface area contributed by atoms with Crippen molar-refractivity contribution in [1.82, 2.24) is 5.32 Å². The zero-order chi connectivity index (χ0) is 21.2. The summed E-state index contributed by atoms with van der Waals surface area (Å²) in [5.41, 5.74) is 4.11. The van der Waals surface area contributed by atoms with Crippen molar-refractivity contribution in [1.29, 1.82) is 0 Å². The molecule has 1 amide bonds. The molecule has 0 aromatic heterocycles. The predicted molar refractivity (Wildman–Crippen MR) is 126 cm³/mol. The van der Waals surface area contributed by atoms with Crippen LogP contribution in [0, 0.1) is 5.41 Å². The third kappa shape index (κ3) is 3.76. The van der Waals surface area contributed by atoms with Crippen LogP contribution in [0.2, 0.25) is 0 Å². The predicted octanol–water partition coefficient (Wildman–Crippen LogP) is 5.54. The first-order valence-corrected chi connectivity index (χ1v) is 15.0. The van der Waals surface area contributed by atoms with Crippen molar-refractivity contribution in [2.24, 2.45) is 5.41 Å². The molecule has 1 N–H and O–H groups in total. The molecule has 170 valence electrons. The van der Waals surface area contributed by atoms with Gasteiger partial charge in [-0.05, 0) is 0 Å². The molecule has 4 fully saturated rings. The number of allylic oxidation sites excluding steroid dienone is 1. The van der Waals surface area contributed by atoms with Crippen LogP contribution in [0.25, 0.3) is 0 Å². The van der Waals surface area contributed by atoms with Crippen molar-refractivity contribution in [2.45, 2.75) is 114 Å². The number of hydrogen-bond acceptors (Lipinski definition) is 3. The summed E-state index contributed by atoms with van der Waals surface area (Å²) in [4.78, 5) is 23.7. The monoisotopic (exact) mass is 435 g/mol.